The molecule has 0 fully saturated rings. The van der Waals surface area contributed by atoms with Crippen LogP contribution in [0.25, 0.3) is 88.7 Å². The van der Waals surface area contributed by atoms with E-state index in [-0.39, 0.29) is 0 Å². The zero-order chi connectivity index (χ0) is 41.2. The highest BCUT2D eigenvalue weighted by Gasteiger charge is 2.20. The summed E-state index contributed by atoms with van der Waals surface area (Å²) in [6.45, 7) is 0. The summed E-state index contributed by atoms with van der Waals surface area (Å²) in [5.74, 6) is 0. The van der Waals surface area contributed by atoms with Crippen LogP contribution in [-0.2, 0) is 0 Å². The molecule has 11 rings (SSSR count). The maximum absolute atomic E-state index is 6.54. The van der Waals surface area contributed by atoms with Crippen molar-refractivity contribution in [2.45, 2.75) is 0 Å². The number of anilines is 3. The Hall–Kier alpha value is -8.20. The monoisotopic (exact) mass is 791 g/mol. The zero-order valence-corrected chi connectivity index (χ0v) is 34.0. The minimum absolute atomic E-state index is 0.900. The lowest BCUT2D eigenvalue weighted by atomic mass is 9.90. The van der Waals surface area contributed by atoms with Crippen molar-refractivity contribution in [2.75, 3.05) is 4.90 Å². The predicted octanol–water partition coefficient (Wildman–Crippen LogP) is 17.1. The first-order chi connectivity index (χ1) is 30.7. The molecule has 292 valence electrons. The molecule has 0 N–H and O–H groups in total. The normalized spacial score (nSPS) is 11.2. The van der Waals surface area contributed by atoms with Crippen molar-refractivity contribution in [3.05, 3.63) is 249 Å². The van der Waals surface area contributed by atoms with Gasteiger partial charge < -0.3 is 9.32 Å². The van der Waals surface area contributed by atoms with E-state index in [9.17, 15) is 0 Å². The molecule has 11 aromatic rings. The first-order valence-corrected chi connectivity index (χ1v) is 21.2. The van der Waals surface area contributed by atoms with Crippen molar-refractivity contribution in [3.63, 3.8) is 0 Å². The topological polar surface area (TPSA) is 16.4 Å². The predicted molar refractivity (Wildman–Crippen MR) is 261 cm³/mol. The van der Waals surface area contributed by atoms with E-state index < -0.39 is 0 Å². The Balaban J connectivity index is 1.03. The van der Waals surface area contributed by atoms with Gasteiger partial charge in [0.2, 0.25) is 0 Å². The maximum atomic E-state index is 6.54. The molecular formula is C60H41NO. The van der Waals surface area contributed by atoms with Crippen molar-refractivity contribution in [3.8, 4) is 66.8 Å². The Bertz CT molecular complexity index is 3300. The summed E-state index contributed by atoms with van der Waals surface area (Å²) in [6.07, 6.45) is 0. The first-order valence-electron chi connectivity index (χ1n) is 21.2. The van der Waals surface area contributed by atoms with Gasteiger partial charge >= 0.3 is 0 Å². The molecule has 0 radical (unpaired) electrons. The second-order valence-electron chi connectivity index (χ2n) is 15.7. The molecule has 0 atom stereocenters. The van der Waals surface area contributed by atoms with Crippen LogP contribution < -0.4 is 4.90 Å². The van der Waals surface area contributed by atoms with E-state index in [2.05, 4.69) is 241 Å². The van der Waals surface area contributed by atoms with Gasteiger partial charge in [0.25, 0.3) is 0 Å². The minimum Gasteiger partial charge on any atom is -0.455 e. The Kier molecular flexibility index (Phi) is 9.57. The number of fused-ring (bicyclic) bond motifs is 3. The lowest BCUT2D eigenvalue weighted by molar-refractivity contribution is 0.670. The van der Waals surface area contributed by atoms with E-state index in [1.807, 2.05) is 12.1 Å². The molecule has 2 heteroatoms. The van der Waals surface area contributed by atoms with Gasteiger partial charge in [0, 0.05) is 33.3 Å². The first kappa shape index (κ1) is 36.8. The molecule has 0 saturated heterocycles. The van der Waals surface area contributed by atoms with Crippen LogP contribution in [0.15, 0.2) is 253 Å². The third-order valence-corrected chi connectivity index (χ3v) is 11.9. The molecule has 2 nitrogen and oxygen atoms in total. The van der Waals surface area contributed by atoms with Crippen LogP contribution in [-0.4, -0.2) is 0 Å². The molecule has 0 bridgehead atoms. The van der Waals surface area contributed by atoms with Gasteiger partial charge in [-0.2, -0.15) is 0 Å². The third kappa shape index (κ3) is 6.94. The van der Waals surface area contributed by atoms with Crippen molar-refractivity contribution >= 4 is 39.0 Å². The number of rotatable bonds is 9. The summed E-state index contributed by atoms with van der Waals surface area (Å²) >= 11 is 0. The SMILES string of the molecule is c1ccc(-c2ccc(N(c3ccc(-c4ccc(-c5cccc6c5oc5ccccc56)c(-c5ccccc5)c4)cc3)c3ccc(-c4ccccc4)cc3-c3ccccc3)cc2)cc1. The Morgan fingerprint density at radius 2 is 0.694 bits per heavy atom. The van der Waals surface area contributed by atoms with Gasteiger partial charge in [0.05, 0.1) is 5.69 Å². The highest BCUT2D eigenvalue weighted by molar-refractivity contribution is 6.10. The second kappa shape index (κ2) is 16.1. The fourth-order valence-electron chi connectivity index (χ4n) is 8.83. The summed E-state index contributed by atoms with van der Waals surface area (Å²) in [7, 11) is 0. The van der Waals surface area contributed by atoms with E-state index in [4.69, 9.17) is 4.42 Å². The van der Waals surface area contributed by atoms with Crippen molar-refractivity contribution in [2.24, 2.45) is 0 Å². The number of furan rings is 1. The van der Waals surface area contributed by atoms with E-state index in [0.717, 1.165) is 83.5 Å². The Morgan fingerprint density at radius 3 is 1.31 bits per heavy atom. The summed E-state index contributed by atoms with van der Waals surface area (Å²) < 4.78 is 6.54. The van der Waals surface area contributed by atoms with E-state index in [1.54, 1.807) is 0 Å². The van der Waals surface area contributed by atoms with Crippen LogP contribution in [0.2, 0.25) is 0 Å². The molecule has 0 spiro atoms. The number of para-hydroxylation sites is 2. The van der Waals surface area contributed by atoms with Gasteiger partial charge in [-0.05, 0) is 104 Å². The van der Waals surface area contributed by atoms with Gasteiger partial charge in [0.1, 0.15) is 11.2 Å². The number of benzene rings is 10. The fourth-order valence-corrected chi connectivity index (χ4v) is 8.83. The van der Waals surface area contributed by atoms with Crippen LogP contribution in [0.4, 0.5) is 17.1 Å². The van der Waals surface area contributed by atoms with Gasteiger partial charge in [-0.1, -0.05) is 200 Å². The van der Waals surface area contributed by atoms with Crippen LogP contribution in [0.5, 0.6) is 0 Å². The van der Waals surface area contributed by atoms with Gasteiger partial charge in [0.15, 0.2) is 0 Å². The highest BCUT2D eigenvalue weighted by Crippen LogP contribution is 2.45. The van der Waals surface area contributed by atoms with E-state index in [1.165, 1.54) is 22.3 Å². The van der Waals surface area contributed by atoms with Crippen LogP contribution in [0, 0.1) is 0 Å². The van der Waals surface area contributed by atoms with Gasteiger partial charge in [-0.3, -0.25) is 0 Å². The molecule has 0 amide bonds. The van der Waals surface area contributed by atoms with E-state index in [0.29, 0.717) is 0 Å². The molecule has 0 aliphatic carbocycles. The van der Waals surface area contributed by atoms with Crippen LogP contribution in [0.1, 0.15) is 0 Å². The lowest BCUT2D eigenvalue weighted by Gasteiger charge is -2.29. The van der Waals surface area contributed by atoms with Crippen molar-refractivity contribution in [1.82, 2.24) is 0 Å². The molecule has 0 saturated carbocycles. The maximum Gasteiger partial charge on any atom is 0.143 e. The molecule has 62 heavy (non-hydrogen) atoms. The number of nitrogens with zero attached hydrogens (tertiary/aromatic N) is 1. The van der Waals surface area contributed by atoms with Crippen LogP contribution >= 0.6 is 0 Å². The second-order valence-corrected chi connectivity index (χ2v) is 15.7. The Labute approximate surface area is 362 Å². The molecule has 0 unspecified atom stereocenters. The number of hydrogen-bond donors (Lipinski definition) is 0. The lowest BCUT2D eigenvalue weighted by Crippen LogP contribution is -2.11. The summed E-state index contributed by atoms with van der Waals surface area (Å²) in [5.41, 5.74) is 19.0. The molecule has 1 aromatic heterocycles. The Morgan fingerprint density at radius 1 is 0.258 bits per heavy atom. The average molecular weight is 792 g/mol. The summed E-state index contributed by atoms with van der Waals surface area (Å²) in [5, 5.41) is 2.26. The molecule has 0 aliphatic rings. The standard InChI is InChI=1S/C60H41NO/c1-5-16-42(17-6-1)44-28-34-50(35-29-44)61(58-39-33-49(43-18-7-2-8-19-43)41-57(58)47-22-11-4-12-23-47)51-36-30-45(31-37-51)48-32-38-52(56(40-48)46-20-9-3-10-21-46)54-25-15-26-55-53-24-13-14-27-59(53)62-60(54)55/h1-41H. The molecule has 1 heterocycles. The highest BCUT2D eigenvalue weighted by atomic mass is 16.3. The van der Waals surface area contributed by atoms with Gasteiger partial charge in [-0.25, -0.2) is 0 Å². The minimum atomic E-state index is 0.900. The number of hydrogen-bond acceptors (Lipinski definition) is 2. The van der Waals surface area contributed by atoms with Crippen LogP contribution in [0.3, 0.4) is 0 Å². The zero-order valence-electron chi connectivity index (χ0n) is 34.0. The molecular weight excluding hydrogens is 751 g/mol. The van der Waals surface area contributed by atoms with Crippen molar-refractivity contribution < 1.29 is 4.42 Å². The quantitative estimate of drug-likeness (QED) is 0.145. The van der Waals surface area contributed by atoms with Crippen molar-refractivity contribution in [1.29, 1.82) is 0 Å². The largest absolute Gasteiger partial charge is 0.455 e. The summed E-state index contributed by atoms with van der Waals surface area (Å²) in [6, 6.07) is 89.0. The molecule has 0 aliphatic heterocycles. The van der Waals surface area contributed by atoms with E-state index >= 15 is 0 Å². The summed E-state index contributed by atoms with van der Waals surface area (Å²) in [4.78, 5) is 2.39. The molecule has 10 aromatic carbocycles. The fraction of sp³-hybridized carbons (Fsp3) is 0. The smallest absolute Gasteiger partial charge is 0.143 e. The third-order valence-electron chi connectivity index (χ3n) is 11.9. The van der Waals surface area contributed by atoms with Gasteiger partial charge in [-0.15, -0.1) is 0 Å². The average Bonchev–Trinajstić information content (AvgIpc) is 3.75.